The van der Waals surface area contributed by atoms with Crippen molar-refractivity contribution < 1.29 is 23.8 Å². The van der Waals surface area contributed by atoms with Crippen LogP contribution in [0.4, 0.5) is 0 Å². The van der Waals surface area contributed by atoms with Crippen molar-refractivity contribution >= 4 is 27.7 Å². The van der Waals surface area contributed by atoms with E-state index in [4.69, 9.17) is 14.2 Å². The highest BCUT2D eigenvalue weighted by Gasteiger charge is 2.16. The van der Waals surface area contributed by atoms with E-state index in [0.717, 1.165) is 0 Å². The summed E-state index contributed by atoms with van der Waals surface area (Å²) in [5, 5.41) is 0. The van der Waals surface area contributed by atoms with Gasteiger partial charge in [0.1, 0.15) is 18.1 Å². The van der Waals surface area contributed by atoms with Gasteiger partial charge in [-0.15, -0.1) is 0 Å². The number of amides is 2. The van der Waals surface area contributed by atoms with Crippen molar-refractivity contribution in [3.8, 4) is 11.5 Å². The van der Waals surface area contributed by atoms with Crippen molar-refractivity contribution in [3.63, 3.8) is 0 Å². The smallest absolute Gasteiger partial charge is 0.273 e. The number of halogens is 1. The summed E-state index contributed by atoms with van der Waals surface area (Å²) >= 11 is 3.32. The molecule has 7 nitrogen and oxygen atoms in total. The average Bonchev–Trinajstić information content (AvgIpc) is 2.67. The van der Waals surface area contributed by atoms with Crippen LogP contribution in [0, 0.1) is 0 Å². The zero-order chi connectivity index (χ0) is 18.9. The molecule has 26 heavy (non-hydrogen) atoms. The summed E-state index contributed by atoms with van der Waals surface area (Å²) in [6, 6.07) is 11.7. The molecule has 0 aliphatic rings. The largest absolute Gasteiger partial charge is 0.496 e. The van der Waals surface area contributed by atoms with E-state index in [1.165, 1.54) is 7.11 Å². The predicted molar refractivity (Wildman–Crippen MR) is 99.4 cm³/mol. The highest BCUT2D eigenvalue weighted by atomic mass is 79.9. The van der Waals surface area contributed by atoms with Crippen molar-refractivity contribution in [1.82, 2.24) is 10.9 Å². The first-order valence-corrected chi connectivity index (χ1v) is 8.51. The minimum Gasteiger partial charge on any atom is -0.496 e. The highest BCUT2D eigenvalue weighted by Crippen LogP contribution is 2.23. The van der Waals surface area contributed by atoms with Gasteiger partial charge in [0, 0.05) is 11.6 Å². The molecule has 0 bridgehead atoms. The van der Waals surface area contributed by atoms with Gasteiger partial charge in [-0.2, -0.15) is 0 Å². The van der Waals surface area contributed by atoms with Gasteiger partial charge in [0.05, 0.1) is 24.8 Å². The molecule has 2 aromatic rings. The Morgan fingerprint density at radius 3 is 2.31 bits per heavy atom. The quantitative estimate of drug-likeness (QED) is 0.528. The van der Waals surface area contributed by atoms with E-state index in [1.807, 2.05) is 0 Å². The monoisotopic (exact) mass is 422 g/mol. The maximum atomic E-state index is 12.5. The number of hydrogen-bond donors (Lipinski definition) is 2. The van der Waals surface area contributed by atoms with Crippen molar-refractivity contribution in [2.75, 3.05) is 27.4 Å². The van der Waals surface area contributed by atoms with E-state index in [9.17, 15) is 9.59 Å². The van der Waals surface area contributed by atoms with Crippen LogP contribution in [0.2, 0.25) is 0 Å². The molecule has 2 amide bonds. The Balaban J connectivity index is 2.07. The van der Waals surface area contributed by atoms with Crippen molar-refractivity contribution in [1.29, 1.82) is 0 Å². The molecule has 0 spiro atoms. The number of methoxy groups -OCH3 is 2. The summed E-state index contributed by atoms with van der Waals surface area (Å²) in [5.41, 5.74) is 5.33. The molecular weight excluding hydrogens is 404 g/mol. The van der Waals surface area contributed by atoms with Crippen molar-refractivity contribution in [3.05, 3.63) is 58.1 Å². The molecule has 0 aliphatic heterocycles. The van der Waals surface area contributed by atoms with Gasteiger partial charge < -0.3 is 14.2 Å². The molecule has 0 atom stereocenters. The summed E-state index contributed by atoms with van der Waals surface area (Å²) in [4.78, 5) is 24.7. The van der Waals surface area contributed by atoms with Gasteiger partial charge in [0.25, 0.3) is 11.8 Å². The average molecular weight is 423 g/mol. The molecule has 138 valence electrons. The van der Waals surface area contributed by atoms with Gasteiger partial charge in [-0.1, -0.05) is 28.1 Å². The first-order valence-electron chi connectivity index (χ1n) is 7.71. The predicted octanol–water partition coefficient (Wildman–Crippen LogP) is 2.56. The lowest BCUT2D eigenvalue weighted by Gasteiger charge is -2.13. The number of nitrogens with one attached hydrogen (secondary N) is 2. The molecule has 0 saturated heterocycles. The molecule has 0 aliphatic carbocycles. The molecular formula is C18H19BrN2O5. The summed E-state index contributed by atoms with van der Waals surface area (Å²) < 4.78 is 16.3. The van der Waals surface area contributed by atoms with Gasteiger partial charge in [-0.05, 0) is 30.3 Å². The second-order valence-electron chi connectivity index (χ2n) is 5.09. The van der Waals surface area contributed by atoms with E-state index >= 15 is 0 Å². The summed E-state index contributed by atoms with van der Waals surface area (Å²) in [7, 11) is 3.03. The maximum Gasteiger partial charge on any atom is 0.273 e. The van der Waals surface area contributed by atoms with E-state index < -0.39 is 11.8 Å². The fourth-order valence-electron chi connectivity index (χ4n) is 2.12. The molecule has 0 aromatic heterocycles. The first kappa shape index (κ1) is 19.7. The number of ether oxygens (including phenoxy) is 3. The van der Waals surface area contributed by atoms with E-state index in [0.29, 0.717) is 34.7 Å². The Labute approximate surface area is 159 Å². The van der Waals surface area contributed by atoms with Crippen LogP contribution in [0.3, 0.4) is 0 Å². The molecule has 8 heteroatoms. The number of benzene rings is 2. The summed E-state index contributed by atoms with van der Waals surface area (Å²) in [5.74, 6) is -0.214. The molecule has 0 fully saturated rings. The van der Waals surface area contributed by atoms with Crippen LogP contribution in [0.15, 0.2) is 46.9 Å². The Bertz CT molecular complexity index is 782. The minimum atomic E-state index is -0.512. The number of carbonyl (C=O) groups excluding carboxylic acids is 2. The third-order valence-corrected chi connectivity index (χ3v) is 3.87. The first-order chi connectivity index (χ1) is 12.6. The topological polar surface area (TPSA) is 85.9 Å². The van der Waals surface area contributed by atoms with Crippen molar-refractivity contribution in [2.45, 2.75) is 0 Å². The maximum absolute atomic E-state index is 12.5. The second-order valence-corrected chi connectivity index (χ2v) is 6.01. The SMILES string of the molecule is COCCOc1ccc(Br)cc1C(=O)NNC(=O)c1ccccc1OC. The number of para-hydroxylation sites is 1. The summed E-state index contributed by atoms with van der Waals surface area (Å²) in [6.07, 6.45) is 0. The molecule has 0 heterocycles. The van der Waals surface area contributed by atoms with Gasteiger partial charge >= 0.3 is 0 Å². The van der Waals surface area contributed by atoms with Crippen LogP contribution < -0.4 is 20.3 Å². The lowest BCUT2D eigenvalue weighted by molar-refractivity contribution is 0.0841. The van der Waals surface area contributed by atoms with Gasteiger partial charge in [0.2, 0.25) is 0 Å². The highest BCUT2D eigenvalue weighted by molar-refractivity contribution is 9.10. The number of carbonyl (C=O) groups is 2. The Morgan fingerprint density at radius 2 is 1.62 bits per heavy atom. The van der Waals surface area contributed by atoms with Gasteiger partial charge in [-0.25, -0.2) is 0 Å². The lowest BCUT2D eigenvalue weighted by atomic mass is 10.2. The number of hydrogen-bond acceptors (Lipinski definition) is 5. The minimum absolute atomic E-state index is 0.274. The fourth-order valence-corrected chi connectivity index (χ4v) is 2.48. The van der Waals surface area contributed by atoms with Crippen LogP contribution in [0.1, 0.15) is 20.7 Å². The molecule has 2 N–H and O–H groups in total. The van der Waals surface area contributed by atoms with Gasteiger partial charge in [0.15, 0.2) is 0 Å². The van der Waals surface area contributed by atoms with Crippen LogP contribution in [-0.2, 0) is 4.74 Å². The Morgan fingerprint density at radius 1 is 0.923 bits per heavy atom. The van der Waals surface area contributed by atoms with Crippen LogP contribution >= 0.6 is 15.9 Å². The number of rotatable bonds is 7. The van der Waals surface area contributed by atoms with Crippen LogP contribution in [0.25, 0.3) is 0 Å². The van der Waals surface area contributed by atoms with Gasteiger partial charge in [-0.3, -0.25) is 20.4 Å². The number of hydrazine groups is 1. The van der Waals surface area contributed by atoms with E-state index in [-0.39, 0.29) is 5.56 Å². The normalized spacial score (nSPS) is 10.1. The Hall–Kier alpha value is -2.58. The molecule has 0 radical (unpaired) electrons. The molecule has 0 saturated carbocycles. The zero-order valence-corrected chi connectivity index (χ0v) is 16.0. The molecule has 2 rings (SSSR count). The van der Waals surface area contributed by atoms with Crippen LogP contribution in [0.5, 0.6) is 11.5 Å². The lowest BCUT2D eigenvalue weighted by Crippen LogP contribution is -2.41. The second kappa shape index (κ2) is 9.79. The summed E-state index contributed by atoms with van der Waals surface area (Å²) in [6.45, 7) is 0.688. The van der Waals surface area contributed by atoms with Crippen molar-refractivity contribution in [2.24, 2.45) is 0 Å². The molecule has 0 unspecified atom stereocenters. The molecule has 2 aromatic carbocycles. The third-order valence-electron chi connectivity index (χ3n) is 3.37. The standard InChI is InChI=1S/C18H19BrN2O5/c1-24-9-10-26-16-8-7-12(19)11-14(16)18(23)21-20-17(22)13-5-3-4-6-15(13)25-2/h3-8,11H,9-10H2,1-2H3,(H,20,22)(H,21,23). The van der Waals surface area contributed by atoms with E-state index in [2.05, 4.69) is 26.8 Å². The fraction of sp³-hybridized carbons (Fsp3) is 0.222. The van der Waals surface area contributed by atoms with Crippen LogP contribution in [-0.4, -0.2) is 39.2 Å². The zero-order valence-electron chi connectivity index (χ0n) is 14.4. The Kier molecular flexibility index (Phi) is 7.43. The van der Waals surface area contributed by atoms with E-state index in [1.54, 1.807) is 49.6 Å². The third kappa shape index (κ3) is 5.21.